The molecule has 0 radical (unpaired) electrons. The molecule has 0 spiro atoms. The molecule has 0 bridgehead atoms. The van der Waals surface area contributed by atoms with Gasteiger partial charge in [-0.05, 0) is 29.6 Å². The van der Waals surface area contributed by atoms with Gasteiger partial charge in [-0.2, -0.15) is 0 Å². The second kappa shape index (κ2) is 36.8. The molecule has 0 saturated heterocycles. The van der Waals surface area contributed by atoms with E-state index < -0.39 is 67.4 Å². The Bertz CT molecular complexity index is 1590. The van der Waals surface area contributed by atoms with Crippen molar-refractivity contribution in [2.75, 3.05) is 170 Å². The SMILES string of the molecule is CC(C)CC(C(O)CP(C)(=O)O)[N+](C)(C)C.CC(C)C[C@@H]([C@@H](O)CP(C)(=O)O)[N+](C)(C)C.CC(C)C[C@@H]([C@H](O)CP(C)(=O)O)[N+](C)(C)C.CC(C)C[C@H]([C@@H](O)CP(C)(=O)O)[N+](C)(C)C.CC(C)C[C@H]([C@H](O)CP(C)(=O)O)[N+](C)(C)C. The Morgan fingerprint density at radius 2 is 0.338 bits per heavy atom. The minimum Gasteiger partial charge on any atom is -0.386 e. The van der Waals surface area contributed by atoms with Gasteiger partial charge in [0.2, 0.25) is 0 Å². The summed E-state index contributed by atoms with van der Waals surface area (Å²) in [5, 5.41) is 50.4. The molecule has 0 rings (SSSR count). The highest BCUT2D eigenvalue weighted by atomic mass is 31.2. The Hall–Kier alpha value is 0.550. The molecule has 20 nitrogen and oxygen atoms in total. The van der Waals surface area contributed by atoms with Crippen LogP contribution >= 0.6 is 36.8 Å². The summed E-state index contributed by atoms with van der Waals surface area (Å²) in [4.78, 5) is 46.6. The van der Waals surface area contributed by atoms with Gasteiger partial charge in [-0.1, -0.05) is 69.2 Å². The van der Waals surface area contributed by atoms with Crippen LogP contribution in [0.2, 0.25) is 0 Å². The number of likely N-dealkylation sites (N-methyl/N-ethyl adjacent to an activating group) is 5. The van der Waals surface area contributed by atoms with Crippen LogP contribution < -0.4 is 0 Å². The van der Waals surface area contributed by atoms with Gasteiger partial charge in [0.1, 0.15) is 60.7 Å². The summed E-state index contributed by atoms with van der Waals surface area (Å²) in [6.07, 6.45) is 0.593. The summed E-state index contributed by atoms with van der Waals surface area (Å²) >= 11 is 0. The van der Waals surface area contributed by atoms with E-state index in [1.807, 2.05) is 106 Å². The Morgan fingerprint density at radius 3 is 0.388 bits per heavy atom. The molecule has 0 amide bonds. The molecular formula is C55H135N5O15P5+5. The third kappa shape index (κ3) is 51.7. The van der Waals surface area contributed by atoms with Crippen molar-refractivity contribution in [3.63, 3.8) is 0 Å². The third-order valence-corrected chi connectivity index (χ3v) is 18.6. The Balaban J connectivity index is -0.000000293. The van der Waals surface area contributed by atoms with Crippen molar-refractivity contribution in [1.29, 1.82) is 0 Å². The average Bonchev–Trinajstić information content (AvgIpc) is 3.11. The second-order valence-electron chi connectivity index (χ2n) is 30.6. The lowest BCUT2D eigenvalue weighted by Crippen LogP contribution is -2.53. The quantitative estimate of drug-likeness (QED) is 0.0260. The van der Waals surface area contributed by atoms with E-state index in [0.717, 1.165) is 32.1 Å². The molecule has 10 N–H and O–H groups in total. The monoisotopic (exact) mass is 1260 g/mol. The van der Waals surface area contributed by atoms with E-state index >= 15 is 0 Å². The van der Waals surface area contributed by atoms with Crippen molar-refractivity contribution in [3.05, 3.63) is 0 Å². The molecular weight excluding hydrogens is 1130 g/mol. The fourth-order valence-corrected chi connectivity index (χ4v) is 14.4. The molecule has 7 unspecified atom stereocenters. The van der Waals surface area contributed by atoms with E-state index in [0.29, 0.717) is 52.0 Å². The van der Waals surface area contributed by atoms with Gasteiger partial charge in [0, 0.05) is 65.4 Å². The lowest BCUT2D eigenvalue weighted by Gasteiger charge is -2.38. The summed E-state index contributed by atoms with van der Waals surface area (Å²) in [5.41, 5.74) is 0. The first kappa shape index (κ1) is 89.3. The first-order valence-corrected chi connectivity index (χ1v) is 40.0. The number of rotatable bonds is 30. The Morgan fingerprint density at radius 1 is 0.250 bits per heavy atom. The van der Waals surface area contributed by atoms with Crippen LogP contribution in [0, 0.1) is 29.6 Å². The number of aliphatic hydroxyl groups excluding tert-OH is 5. The summed E-state index contributed by atoms with van der Waals surface area (Å²) in [6, 6.07) is 0.00197. The lowest BCUT2D eigenvalue weighted by molar-refractivity contribution is -0.900. The maximum atomic E-state index is 11.3. The maximum absolute atomic E-state index is 11.3. The zero-order valence-corrected chi connectivity index (χ0v) is 61.2. The van der Waals surface area contributed by atoms with Crippen LogP contribution in [-0.4, -0.2) is 303 Å². The van der Waals surface area contributed by atoms with E-state index in [4.69, 9.17) is 0 Å². The molecule has 0 aromatic rings. The van der Waals surface area contributed by atoms with Gasteiger partial charge >= 0.3 is 0 Å². The number of nitrogens with zero attached hydrogens (tertiary/aromatic N) is 5. The minimum absolute atomic E-state index is 0.000394. The van der Waals surface area contributed by atoms with Gasteiger partial charge in [0.05, 0.1) is 137 Å². The first-order valence-electron chi connectivity index (χ1n) is 28.6. The zero-order chi connectivity index (χ0) is 65.7. The Kier molecular flexibility index (Phi) is 41.0. The number of aliphatic hydroxyl groups is 5. The van der Waals surface area contributed by atoms with E-state index in [9.17, 15) is 72.8 Å². The smallest absolute Gasteiger partial charge is 0.200 e. The van der Waals surface area contributed by atoms with Gasteiger partial charge in [-0.15, -0.1) is 0 Å². The predicted molar refractivity (Wildman–Crippen MR) is 339 cm³/mol. The van der Waals surface area contributed by atoms with Gasteiger partial charge in [-0.3, -0.25) is 22.8 Å². The van der Waals surface area contributed by atoms with Crippen LogP contribution in [0.3, 0.4) is 0 Å². The molecule has 0 saturated carbocycles. The fourth-order valence-electron chi connectivity index (χ4n) is 9.71. The standard InChI is InChI=1S/5C11H26NO3P/c5*1-9(2)7-10(12(3,4)5)11(13)8-16(6,14)15/h5*9-11,13H,7-8H2,1-6H3/p+5/t2*10-,11+;2*10-,11-;/m1010./s1. The van der Waals surface area contributed by atoms with Gasteiger partial charge in [0.25, 0.3) is 0 Å². The average molecular weight is 1260 g/mol. The summed E-state index contributed by atoms with van der Waals surface area (Å²) < 4.78 is 59.7. The molecule has 0 aliphatic heterocycles. The molecule has 0 aliphatic carbocycles. The predicted octanol–water partition coefficient (Wildman–Crippen LogP) is 6.84. The van der Waals surface area contributed by atoms with E-state index in [1.54, 1.807) is 0 Å². The summed E-state index contributed by atoms with van der Waals surface area (Å²) in [5.74, 6) is 2.32. The topological polar surface area (TPSA) is 288 Å². The van der Waals surface area contributed by atoms with Crippen molar-refractivity contribution >= 4 is 36.8 Å². The molecule has 0 fully saturated rings. The second-order valence-corrected chi connectivity index (χ2v) is 42.9. The first-order chi connectivity index (χ1) is 34.7. The van der Waals surface area contributed by atoms with Crippen molar-refractivity contribution < 1.29 is 95.2 Å². The lowest BCUT2D eigenvalue weighted by atomic mass is 9.97. The van der Waals surface area contributed by atoms with Crippen LogP contribution in [0.15, 0.2) is 0 Å². The normalized spacial score (nSPS) is 20.6. The largest absolute Gasteiger partial charge is 0.386 e. The van der Waals surface area contributed by atoms with E-state index in [2.05, 4.69) is 69.2 Å². The molecule has 0 aromatic heterocycles. The molecule has 0 heterocycles. The molecule has 490 valence electrons. The molecule has 25 heteroatoms. The van der Waals surface area contributed by atoms with Crippen LogP contribution in [0.25, 0.3) is 0 Å². The maximum Gasteiger partial charge on any atom is 0.200 e. The van der Waals surface area contributed by atoms with Gasteiger partial charge < -0.3 is 72.4 Å². The number of hydrogen-bond donors (Lipinski definition) is 10. The summed E-state index contributed by atoms with van der Waals surface area (Å²) in [7, 11) is 14.4. The summed E-state index contributed by atoms with van der Waals surface area (Å²) in [6.45, 7) is 27.5. The fraction of sp³-hybridized carbons (Fsp3) is 1.00. The molecule has 80 heavy (non-hydrogen) atoms. The number of quaternary nitrogens is 5. The van der Waals surface area contributed by atoms with Crippen LogP contribution in [-0.2, 0) is 22.8 Å². The highest BCUT2D eigenvalue weighted by molar-refractivity contribution is 7.58. The molecule has 0 aliphatic rings. The van der Waals surface area contributed by atoms with Crippen LogP contribution in [0.1, 0.15) is 101 Å². The molecule has 15 atom stereocenters. The van der Waals surface area contributed by atoms with Crippen molar-refractivity contribution in [2.45, 2.75) is 162 Å². The Labute approximate surface area is 491 Å². The molecule has 0 aromatic carbocycles. The van der Waals surface area contributed by atoms with Gasteiger partial charge in [-0.25, -0.2) is 0 Å². The van der Waals surface area contributed by atoms with Crippen LogP contribution in [0.4, 0.5) is 0 Å². The zero-order valence-electron chi connectivity index (χ0n) is 56.7. The van der Waals surface area contributed by atoms with Crippen molar-refractivity contribution in [2.24, 2.45) is 29.6 Å². The third-order valence-electron chi connectivity index (χ3n) is 13.4. The van der Waals surface area contributed by atoms with Gasteiger partial charge in [0.15, 0.2) is 36.8 Å². The van der Waals surface area contributed by atoms with Crippen LogP contribution in [0.5, 0.6) is 0 Å². The van der Waals surface area contributed by atoms with Crippen molar-refractivity contribution in [3.8, 4) is 0 Å². The van der Waals surface area contributed by atoms with E-state index in [-0.39, 0.29) is 61.0 Å². The highest BCUT2D eigenvalue weighted by Crippen LogP contribution is 2.41. The van der Waals surface area contributed by atoms with E-state index in [1.165, 1.54) is 33.3 Å². The number of hydrogen-bond acceptors (Lipinski definition) is 10. The minimum atomic E-state index is -3.15. The van der Waals surface area contributed by atoms with Crippen molar-refractivity contribution in [1.82, 2.24) is 0 Å². The highest BCUT2D eigenvalue weighted by Gasteiger charge is 2.39.